The number of ether oxygens (including phenoxy) is 3. The molecule has 0 spiro atoms. The summed E-state index contributed by atoms with van der Waals surface area (Å²) in [4.78, 5) is 0. The lowest BCUT2D eigenvalue weighted by Crippen LogP contribution is -2.10. The normalized spacial score (nSPS) is 11.6. The Bertz CT molecular complexity index is 890. The van der Waals surface area contributed by atoms with Gasteiger partial charge in [0.15, 0.2) is 0 Å². The first-order chi connectivity index (χ1) is 15.5. The zero-order chi connectivity index (χ0) is 24.6. The average molecular weight is 505 g/mol. The van der Waals surface area contributed by atoms with Crippen molar-refractivity contribution in [1.29, 1.82) is 0 Å². The highest BCUT2D eigenvalue weighted by Gasteiger charge is 2.30. The summed E-state index contributed by atoms with van der Waals surface area (Å²) >= 11 is 11.3. The fourth-order valence-corrected chi connectivity index (χ4v) is 3.24. The van der Waals surface area contributed by atoms with Crippen LogP contribution in [0.5, 0.6) is 17.2 Å². The van der Waals surface area contributed by atoms with Gasteiger partial charge in [0.05, 0.1) is 18.8 Å². The predicted octanol–water partition coefficient (Wildman–Crippen LogP) is 8.50. The monoisotopic (exact) mass is 504 g/mol. The fraction of sp³-hybridized carbons (Fsp3) is 0.440. The van der Waals surface area contributed by atoms with Crippen LogP contribution in [0.3, 0.4) is 0 Å². The van der Waals surface area contributed by atoms with Crippen molar-refractivity contribution < 1.29 is 27.4 Å². The third-order valence-electron chi connectivity index (χ3n) is 4.84. The summed E-state index contributed by atoms with van der Waals surface area (Å²) in [5.41, 5.74) is 1.36. The summed E-state index contributed by atoms with van der Waals surface area (Å²) in [5.74, 6) is 2.34. The van der Waals surface area contributed by atoms with Crippen LogP contribution in [0.4, 0.5) is 13.2 Å². The molecule has 2 aromatic carbocycles. The van der Waals surface area contributed by atoms with Gasteiger partial charge in [-0.25, -0.2) is 0 Å². The van der Waals surface area contributed by atoms with Crippen molar-refractivity contribution in [3.8, 4) is 17.2 Å². The second-order valence-corrected chi connectivity index (χ2v) is 9.13. The van der Waals surface area contributed by atoms with Gasteiger partial charge >= 0.3 is 6.18 Å². The smallest absolute Gasteiger partial charge is 0.416 e. The minimum Gasteiger partial charge on any atom is -0.493 e. The van der Waals surface area contributed by atoms with Crippen LogP contribution in [-0.2, 0) is 6.18 Å². The van der Waals surface area contributed by atoms with Gasteiger partial charge in [0, 0.05) is 17.5 Å². The van der Waals surface area contributed by atoms with Gasteiger partial charge in [0.25, 0.3) is 0 Å². The Morgan fingerprint density at radius 2 is 1.39 bits per heavy atom. The van der Waals surface area contributed by atoms with Crippen LogP contribution < -0.4 is 14.2 Å². The standard InChI is InChI=1S/C25H29Cl2F3O3/c1-16(2)21-14-20(32-13-10-23(26)27)15-22(17(3)4)24(21)33-12-5-11-31-19-8-6-18(7-9-19)25(28,29)30/h6-10,14-17H,5,11-13H2,1-4H3. The van der Waals surface area contributed by atoms with E-state index in [2.05, 4.69) is 27.7 Å². The molecule has 0 unspecified atom stereocenters. The Morgan fingerprint density at radius 3 is 1.88 bits per heavy atom. The minimum absolute atomic E-state index is 0.154. The molecule has 2 rings (SSSR count). The van der Waals surface area contributed by atoms with E-state index in [1.807, 2.05) is 12.1 Å². The van der Waals surface area contributed by atoms with Gasteiger partial charge in [0.1, 0.15) is 28.3 Å². The third-order valence-corrected chi connectivity index (χ3v) is 5.15. The molecule has 0 saturated heterocycles. The topological polar surface area (TPSA) is 27.7 Å². The molecule has 33 heavy (non-hydrogen) atoms. The lowest BCUT2D eigenvalue weighted by atomic mass is 9.93. The maximum absolute atomic E-state index is 12.7. The first kappa shape index (κ1) is 27.2. The van der Waals surface area contributed by atoms with Crippen LogP contribution in [0.15, 0.2) is 47.0 Å². The van der Waals surface area contributed by atoms with Crippen LogP contribution in [0.25, 0.3) is 0 Å². The van der Waals surface area contributed by atoms with Crippen molar-refractivity contribution in [3.05, 3.63) is 63.7 Å². The second kappa shape index (κ2) is 12.4. The average Bonchev–Trinajstić information content (AvgIpc) is 2.73. The number of benzene rings is 2. The van der Waals surface area contributed by atoms with E-state index in [1.165, 1.54) is 12.1 Å². The molecule has 0 aliphatic heterocycles. The van der Waals surface area contributed by atoms with Gasteiger partial charge in [0.2, 0.25) is 0 Å². The van der Waals surface area contributed by atoms with Gasteiger partial charge in [-0.15, -0.1) is 0 Å². The molecule has 0 aliphatic carbocycles. The van der Waals surface area contributed by atoms with Gasteiger partial charge in [-0.2, -0.15) is 13.2 Å². The van der Waals surface area contributed by atoms with E-state index >= 15 is 0 Å². The van der Waals surface area contributed by atoms with Crippen LogP contribution in [0.2, 0.25) is 0 Å². The highest BCUT2D eigenvalue weighted by Crippen LogP contribution is 2.38. The summed E-state index contributed by atoms with van der Waals surface area (Å²) in [5, 5.41) is 0. The van der Waals surface area contributed by atoms with Crippen LogP contribution in [0, 0.1) is 0 Å². The number of alkyl halides is 3. The van der Waals surface area contributed by atoms with Gasteiger partial charge < -0.3 is 14.2 Å². The molecule has 8 heteroatoms. The Morgan fingerprint density at radius 1 is 0.848 bits per heavy atom. The Hall–Kier alpha value is -2.05. The van der Waals surface area contributed by atoms with E-state index in [1.54, 1.807) is 6.08 Å². The molecule has 0 aliphatic rings. The molecule has 0 radical (unpaired) electrons. The molecule has 0 N–H and O–H groups in total. The molecule has 2 aromatic rings. The zero-order valence-electron chi connectivity index (χ0n) is 19.1. The Labute approximate surface area is 203 Å². The van der Waals surface area contributed by atoms with E-state index in [-0.39, 0.29) is 22.9 Å². The summed E-state index contributed by atoms with van der Waals surface area (Å²) in [6, 6.07) is 8.58. The van der Waals surface area contributed by atoms with Crippen molar-refractivity contribution in [2.75, 3.05) is 19.8 Å². The quantitative estimate of drug-likeness (QED) is 0.287. The van der Waals surface area contributed by atoms with Gasteiger partial charge in [-0.1, -0.05) is 50.9 Å². The van der Waals surface area contributed by atoms with E-state index < -0.39 is 11.7 Å². The zero-order valence-corrected chi connectivity index (χ0v) is 20.7. The van der Waals surface area contributed by atoms with E-state index in [9.17, 15) is 13.2 Å². The number of halogens is 5. The van der Waals surface area contributed by atoms with Crippen molar-refractivity contribution in [2.45, 2.75) is 52.1 Å². The van der Waals surface area contributed by atoms with Crippen LogP contribution >= 0.6 is 23.2 Å². The molecule has 0 atom stereocenters. The van der Waals surface area contributed by atoms with Gasteiger partial charge in [-0.3, -0.25) is 0 Å². The lowest BCUT2D eigenvalue weighted by molar-refractivity contribution is -0.137. The fourth-order valence-electron chi connectivity index (χ4n) is 3.12. The molecular weight excluding hydrogens is 476 g/mol. The molecule has 0 saturated carbocycles. The first-order valence-electron chi connectivity index (χ1n) is 10.7. The van der Waals surface area contributed by atoms with E-state index in [0.29, 0.717) is 31.1 Å². The van der Waals surface area contributed by atoms with Crippen molar-refractivity contribution in [3.63, 3.8) is 0 Å². The first-order valence-corrected chi connectivity index (χ1v) is 11.5. The number of hydrogen-bond acceptors (Lipinski definition) is 3. The number of rotatable bonds is 11. The maximum Gasteiger partial charge on any atom is 0.416 e. The predicted molar refractivity (Wildman–Crippen MR) is 127 cm³/mol. The third kappa shape index (κ3) is 8.67. The summed E-state index contributed by atoms with van der Waals surface area (Å²) < 4.78 is 55.6. The van der Waals surface area contributed by atoms with Crippen molar-refractivity contribution in [1.82, 2.24) is 0 Å². The molecule has 0 fully saturated rings. The summed E-state index contributed by atoms with van der Waals surface area (Å²) in [6.45, 7) is 9.33. The molecular formula is C25H29Cl2F3O3. The highest BCUT2D eigenvalue weighted by atomic mass is 35.5. The molecule has 0 bridgehead atoms. The molecule has 3 nitrogen and oxygen atoms in total. The highest BCUT2D eigenvalue weighted by molar-refractivity contribution is 6.55. The lowest BCUT2D eigenvalue weighted by Gasteiger charge is -2.22. The van der Waals surface area contributed by atoms with Crippen LogP contribution in [-0.4, -0.2) is 19.8 Å². The second-order valence-electron chi connectivity index (χ2n) is 8.12. The Kier molecular flexibility index (Phi) is 10.2. The number of hydrogen-bond donors (Lipinski definition) is 0. The van der Waals surface area contributed by atoms with Crippen LogP contribution in [0.1, 0.15) is 62.6 Å². The molecule has 182 valence electrons. The Balaban J connectivity index is 2.01. The summed E-state index contributed by atoms with van der Waals surface area (Å²) in [7, 11) is 0. The minimum atomic E-state index is -4.36. The maximum atomic E-state index is 12.7. The largest absolute Gasteiger partial charge is 0.493 e. The van der Waals surface area contributed by atoms with E-state index in [0.717, 1.165) is 29.0 Å². The SMILES string of the molecule is CC(C)c1cc(OCC=C(Cl)Cl)cc(C(C)C)c1OCCCOc1ccc(C(F)(F)F)cc1. The van der Waals surface area contributed by atoms with Crippen molar-refractivity contribution in [2.24, 2.45) is 0 Å². The van der Waals surface area contributed by atoms with E-state index in [4.69, 9.17) is 37.4 Å². The van der Waals surface area contributed by atoms with Crippen molar-refractivity contribution >= 4 is 23.2 Å². The van der Waals surface area contributed by atoms with Gasteiger partial charge in [-0.05, 0) is 54.3 Å². The molecule has 0 aromatic heterocycles. The molecule has 0 amide bonds. The molecule has 0 heterocycles. The summed E-state index contributed by atoms with van der Waals surface area (Å²) in [6.07, 6.45) is -2.20.